The average Bonchev–Trinajstić information content (AvgIpc) is 3.27. The molecule has 4 aromatic rings. The molecule has 0 spiro atoms. The van der Waals surface area contributed by atoms with E-state index in [0.717, 1.165) is 24.0 Å². The zero-order valence-corrected chi connectivity index (χ0v) is 25.6. The van der Waals surface area contributed by atoms with Crippen LogP contribution >= 0.6 is 11.8 Å². The summed E-state index contributed by atoms with van der Waals surface area (Å²) in [5.41, 5.74) is 4.99. The van der Waals surface area contributed by atoms with E-state index >= 15 is 0 Å². The molecule has 5 heteroatoms. The van der Waals surface area contributed by atoms with Gasteiger partial charge in [0.05, 0.1) is 51.0 Å². The van der Waals surface area contributed by atoms with Crippen molar-refractivity contribution in [2.45, 2.75) is 38.0 Å². The van der Waals surface area contributed by atoms with Crippen LogP contribution in [0.4, 0.5) is 11.5 Å². The van der Waals surface area contributed by atoms with Gasteiger partial charge in [-0.15, -0.1) is 0 Å². The highest BCUT2D eigenvalue weighted by Gasteiger charge is 2.27. The number of hydrogen-bond acceptors (Lipinski definition) is 3. The van der Waals surface area contributed by atoms with Crippen molar-refractivity contribution in [3.8, 4) is 5.69 Å². The Bertz CT molecular complexity index is 1480. The Hall–Kier alpha value is -3.28. The van der Waals surface area contributed by atoms with Gasteiger partial charge < -0.3 is 9.38 Å². The van der Waals surface area contributed by atoms with Crippen LogP contribution in [0.15, 0.2) is 94.9 Å². The fraction of sp³-hybridized carbons (Fsp3) is 0.343. The maximum Gasteiger partial charge on any atom is 0.282 e. The fourth-order valence-corrected chi connectivity index (χ4v) is 7.02. The molecule has 3 aromatic carbocycles. The molecule has 0 amide bonds. The van der Waals surface area contributed by atoms with E-state index in [1.54, 1.807) is 0 Å². The van der Waals surface area contributed by atoms with Crippen LogP contribution in [0.5, 0.6) is 0 Å². The van der Waals surface area contributed by atoms with Gasteiger partial charge in [-0.05, 0) is 54.8 Å². The summed E-state index contributed by atoms with van der Waals surface area (Å²) in [6.07, 6.45) is 5.88. The Balaban J connectivity index is 1.63. The van der Waals surface area contributed by atoms with Gasteiger partial charge in [0.1, 0.15) is 11.2 Å². The fourth-order valence-electron chi connectivity index (χ4n) is 5.92. The second-order valence-corrected chi connectivity index (χ2v) is 12.5. The maximum absolute atomic E-state index is 2.62. The largest absolute Gasteiger partial charge is 0.338 e. The molecule has 5 rings (SSSR count). The lowest BCUT2D eigenvalue weighted by Crippen LogP contribution is -2.45. The normalized spacial score (nSPS) is 14.2. The zero-order chi connectivity index (χ0) is 28.1. The Morgan fingerprint density at radius 3 is 2.33 bits per heavy atom. The third kappa shape index (κ3) is 6.06. The lowest BCUT2D eigenvalue weighted by atomic mass is 10.1. The van der Waals surface area contributed by atoms with Crippen LogP contribution in [0, 0.1) is 0 Å². The van der Waals surface area contributed by atoms with Gasteiger partial charge in [0.25, 0.3) is 5.82 Å². The van der Waals surface area contributed by atoms with Crippen molar-refractivity contribution in [2.75, 3.05) is 57.1 Å². The number of aromatic nitrogens is 1. The molecule has 0 saturated heterocycles. The van der Waals surface area contributed by atoms with Gasteiger partial charge in [-0.3, -0.25) is 4.90 Å². The quantitative estimate of drug-likeness (QED) is 0.139. The first-order valence-corrected chi connectivity index (χ1v) is 15.6. The molecule has 0 bridgehead atoms. The summed E-state index contributed by atoms with van der Waals surface area (Å²) in [5.74, 6) is 1.27. The van der Waals surface area contributed by atoms with Crippen LogP contribution in [0.2, 0.25) is 0 Å². The second-order valence-electron chi connectivity index (χ2n) is 11.5. The monoisotopic (exact) mass is 552 g/mol. The van der Waals surface area contributed by atoms with Gasteiger partial charge in [-0.25, -0.2) is 0 Å². The van der Waals surface area contributed by atoms with Crippen LogP contribution in [0.3, 0.4) is 0 Å². The van der Waals surface area contributed by atoms with Crippen molar-refractivity contribution in [2.24, 2.45) is 0 Å². The number of thioether (sulfide) groups is 1. The maximum atomic E-state index is 2.62. The molecule has 1 aliphatic rings. The van der Waals surface area contributed by atoms with E-state index in [-0.39, 0.29) is 0 Å². The highest BCUT2D eigenvalue weighted by atomic mass is 32.2. The van der Waals surface area contributed by atoms with E-state index in [2.05, 4.69) is 140 Å². The summed E-state index contributed by atoms with van der Waals surface area (Å²) in [5, 5.41) is 2.53. The van der Waals surface area contributed by atoms with E-state index in [1.165, 1.54) is 69.5 Å². The molecule has 1 aliphatic heterocycles. The molecule has 4 nitrogen and oxygen atoms in total. The SMILES string of the molecule is CCCN(CCC[N+](C)(C)CCC)c1cc(C=C2Sc3ccccc3N2C)c2ccccc2[n+]1-c1ccccc1. The molecule has 0 N–H and O–H groups in total. The highest BCUT2D eigenvalue weighted by molar-refractivity contribution is 8.03. The number of fused-ring (bicyclic) bond motifs is 2. The van der Waals surface area contributed by atoms with Gasteiger partial charge in [0.15, 0.2) is 0 Å². The summed E-state index contributed by atoms with van der Waals surface area (Å²) in [6, 6.07) is 30.9. The first-order chi connectivity index (χ1) is 19.4. The number of para-hydroxylation sites is 3. The third-order valence-electron chi connectivity index (χ3n) is 7.87. The zero-order valence-electron chi connectivity index (χ0n) is 24.8. The number of rotatable bonds is 11. The number of hydrogen-bond donors (Lipinski definition) is 0. The summed E-state index contributed by atoms with van der Waals surface area (Å²) in [4.78, 5) is 6.26. The van der Waals surface area contributed by atoms with Crippen molar-refractivity contribution in [3.05, 3.63) is 95.5 Å². The van der Waals surface area contributed by atoms with Crippen molar-refractivity contribution in [1.29, 1.82) is 0 Å². The van der Waals surface area contributed by atoms with E-state index in [4.69, 9.17) is 0 Å². The minimum atomic E-state index is 1.03. The van der Waals surface area contributed by atoms with Gasteiger partial charge in [-0.2, -0.15) is 4.57 Å². The third-order valence-corrected chi connectivity index (χ3v) is 9.04. The molecule has 0 saturated carbocycles. The summed E-state index contributed by atoms with van der Waals surface area (Å²) in [6.45, 7) is 9.06. The number of anilines is 2. The topological polar surface area (TPSA) is 10.4 Å². The van der Waals surface area contributed by atoms with Gasteiger partial charge in [-0.1, -0.05) is 74.1 Å². The van der Waals surface area contributed by atoms with Crippen LogP contribution in [-0.2, 0) is 0 Å². The average molecular weight is 553 g/mol. The standard InChI is InChI=1S/C35H44N4S/c1-6-22-37(23-15-25-39(4,5)24-7-2)34-26-28(27-35-36(3)32-20-13-14-21-33(32)40-35)30-18-11-12-19-31(30)38(34)29-16-9-8-10-17-29/h8-14,16-21,26-27H,6-7,15,22-25H2,1-5H3/q+2. The first kappa shape index (κ1) is 28.3. The predicted octanol–water partition coefficient (Wildman–Crippen LogP) is 7.75. The van der Waals surface area contributed by atoms with Crippen molar-refractivity contribution in [3.63, 3.8) is 0 Å². The van der Waals surface area contributed by atoms with Crippen molar-refractivity contribution in [1.82, 2.24) is 0 Å². The Kier molecular flexibility index (Phi) is 8.82. The molecule has 0 fully saturated rings. The van der Waals surface area contributed by atoms with Crippen molar-refractivity contribution < 1.29 is 9.05 Å². The molecule has 0 unspecified atom stereocenters. The Morgan fingerprint density at radius 1 is 0.850 bits per heavy atom. The lowest BCUT2D eigenvalue weighted by Gasteiger charge is -2.30. The second kappa shape index (κ2) is 12.5. The number of quaternary nitrogens is 1. The Labute approximate surface area is 245 Å². The van der Waals surface area contributed by atoms with Crippen LogP contribution in [-0.4, -0.2) is 51.8 Å². The van der Waals surface area contributed by atoms with Crippen LogP contribution in [0.25, 0.3) is 22.7 Å². The van der Waals surface area contributed by atoms with Gasteiger partial charge in [0.2, 0.25) is 0 Å². The molecule has 40 heavy (non-hydrogen) atoms. The van der Waals surface area contributed by atoms with E-state index in [1.807, 2.05) is 11.8 Å². The number of benzene rings is 3. The molecule has 208 valence electrons. The van der Waals surface area contributed by atoms with Crippen molar-refractivity contribution >= 4 is 40.2 Å². The summed E-state index contributed by atoms with van der Waals surface area (Å²) < 4.78 is 3.55. The molecule has 0 aliphatic carbocycles. The molecular formula is C35H44N4S+2. The highest BCUT2D eigenvalue weighted by Crippen LogP contribution is 2.45. The summed E-state index contributed by atoms with van der Waals surface area (Å²) in [7, 11) is 6.92. The molecule has 2 heterocycles. The van der Waals surface area contributed by atoms with E-state index in [0.29, 0.717) is 0 Å². The lowest BCUT2D eigenvalue weighted by molar-refractivity contribution is -0.890. The van der Waals surface area contributed by atoms with E-state index in [9.17, 15) is 0 Å². The van der Waals surface area contributed by atoms with Gasteiger partial charge >= 0.3 is 0 Å². The molecular weight excluding hydrogens is 508 g/mol. The molecule has 1 aromatic heterocycles. The minimum absolute atomic E-state index is 1.03. The first-order valence-electron chi connectivity index (χ1n) is 14.7. The predicted molar refractivity (Wildman–Crippen MR) is 173 cm³/mol. The number of nitrogens with zero attached hydrogens (tertiary/aromatic N) is 4. The molecule has 0 atom stereocenters. The molecule has 0 radical (unpaired) electrons. The Morgan fingerprint density at radius 2 is 1.57 bits per heavy atom. The minimum Gasteiger partial charge on any atom is -0.338 e. The van der Waals surface area contributed by atoms with Crippen LogP contribution < -0.4 is 14.4 Å². The number of pyridine rings is 1. The van der Waals surface area contributed by atoms with Crippen LogP contribution in [0.1, 0.15) is 38.7 Å². The van der Waals surface area contributed by atoms with E-state index < -0.39 is 0 Å². The van der Waals surface area contributed by atoms with Gasteiger partial charge in [0, 0.05) is 29.8 Å². The summed E-state index contributed by atoms with van der Waals surface area (Å²) >= 11 is 1.86. The smallest absolute Gasteiger partial charge is 0.282 e.